The van der Waals surface area contributed by atoms with Crippen molar-refractivity contribution in [3.8, 4) is 11.5 Å². The van der Waals surface area contributed by atoms with E-state index in [0.717, 1.165) is 23.1 Å². The number of hydrazone groups is 1. The largest absolute Gasteiger partial charge is 0.447 e. The van der Waals surface area contributed by atoms with E-state index < -0.39 is 11.2 Å². The Balaban J connectivity index is 1.63. The lowest BCUT2D eigenvalue weighted by molar-refractivity contribution is -0.385. The van der Waals surface area contributed by atoms with Crippen molar-refractivity contribution < 1.29 is 14.4 Å². The van der Waals surface area contributed by atoms with Crippen molar-refractivity contribution in [2.45, 2.75) is 32.6 Å². The van der Waals surface area contributed by atoms with Crippen molar-refractivity contribution in [3.05, 3.63) is 62.7 Å². The third kappa shape index (κ3) is 2.77. The molecule has 0 aromatic heterocycles. The van der Waals surface area contributed by atoms with E-state index in [9.17, 15) is 10.1 Å². The fraction of sp³-hybridized carbons (Fsp3) is 0.278. The number of nitro benzene ring substituents is 1. The lowest BCUT2D eigenvalue weighted by Gasteiger charge is -2.11. The van der Waals surface area contributed by atoms with Crippen LogP contribution in [0.5, 0.6) is 11.5 Å². The molecule has 1 N–H and O–H groups in total. The average Bonchev–Trinajstić information content (AvgIpc) is 2.88. The van der Waals surface area contributed by atoms with Gasteiger partial charge in [-0.1, -0.05) is 0 Å². The molecule has 2 aromatic rings. The maximum Gasteiger partial charge on any atom is 0.272 e. The zero-order valence-electron chi connectivity index (χ0n) is 13.9. The SMILES string of the molecule is Cc1cc([C@H]2Oc3cc4c(cc3O2)CC(C)NN=C4)ccc1[N+](=O)[O-]. The molecule has 4 rings (SSSR count). The van der Waals surface area contributed by atoms with Crippen LogP contribution >= 0.6 is 0 Å². The average molecular weight is 339 g/mol. The van der Waals surface area contributed by atoms with E-state index in [2.05, 4.69) is 17.5 Å². The van der Waals surface area contributed by atoms with E-state index in [1.54, 1.807) is 25.3 Å². The number of nitrogens with zero attached hydrogens (tertiary/aromatic N) is 2. The summed E-state index contributed by atoms with van der Waals surface area (Å²) in [5.74, 6) is 1.34. The second kappa shape index (κ2) is 5.77. The Morgan fingerprint density at radius 1 is 1.24 bits per heavy atom. The van der Waals surface area contributed by atoms with Gasteiger partial charge in [-0.15, -0.1) is 0 Å². The van der Waals surface area contributed by atoms with Crippen molar-refractivity contribution in [2.75, 3.05) is 0 Å². The normalized spacial score (nSPS) is 20.6. The molecule has 0 saturated heterocycles. The highest BCUT2D eigenvalue weighted by atomic mass is 16.7. The third-order valence-electron chi connectivity index (χ3n) is 4.39. The van der Waals surface area contributed by atoms with E-state index >= 15 is 0 Å². The number of nitrogens with one attached hydrogen (secondary N) is 1. The van der Waals surface area contributed by atoms with E-state index in [4.69, 9.17) is 9.47 Å². The molecule has 0 aliphatic carbocycles. The number of aryl methyl sites for hydroxylation is 1. The molecule has 1 unspecified atom stereocenters. The fourth-order valence-corrected chi connectivity index (χ4v) is 3.13. The molecule has 128 valence electrons. The molecule has 7 heteroatoms. The standard InChI is InChI=1S/C18H17N3O4/c1-10-5-12(3-4-15(10)21(22)23)18-24-16-7-13-6-11(2)20-19-9-14(13)8-17(16)25-18/h3-5,7-9,11,18,20H,6H2,1-2H3/t11?,18-/m1/s1. The van der Waals surface area contributed by atoms with Gasteiger partial charge in [-0.25, -0.2) is 0 Å². The van der Waals surface area contributed by atoms with Crippen molar-refractivity contribution in [1.82, 2.24) is 5.43 Å². The number of hydrogen-bond acceptors (Lipinski definition) is 6. The van der Waals surface area contributed by atoms with Crippen LogP contribution in [0.15, 0.2) is 35.4 Å². The molecule has 0 bridgehead atoms. The Hall–Kier alpha value is -3.09. The molecule has 0 saturated carbocycles. The number of rotatable bonds is 2. The van der Waals surface area contributed by atoms with Crippen LogP contribution < -0.4 is 14.9 Å². The first-order valence-electron chi connectivity index (χ1n) is 8.05. The van der Waals surface area contributed by atoms with Crippen LogP contribution in [-0.2, 0) is 6.42 Å². The van der Waals surface area contributed by atoms with Crippen molar-refractivity contribution >= 4 is 11.9 Å². The number of fused-ring (bicyclic) bond motifs is 2. The first kappa shape index (κ1) is 15.4. The Labute approximate surface area is 144 Å². The van der Waals surface area contributed by atoms with E-state index in [1.165, 1.54) is 6.07 Å². The maximum atomic E-state index is 11.0. The zero-order valence-corrected chi connectivity index (χ0v) is 13.9. The predicted molar refractivity (Wildman–Crippen MR) is 92.2 cm³/mol. The summed E-state index contributed by atoms with van der Waals surface area (Å²) in [6.45, 7) is 3.77. The van der Waals surface area contributed by atoms with Crippen LogP contribution in [0.25, 0.3) is 0 Å². The van der Waals surface area contributed by atoms with E-state index in [1.807, 2.05) is 12.1 Å². The third-order valence-corrected chi connectivity index (χ3v) is 4.39. The lowest BCUT2D eigenvalue weighted by atomic mass is 10.0. The highest BCUT2D eigenvalue weighted by molar-refractivity contribution is 5.83. The summed E-state index contributed by atoms with van der Waals surface area (Å²) in [7, 11) is 0. The van der Waals surface area contributed by atoms with Crippen LogP contribution in [0.1, 0.15) is 35.5 Å². The number of nitro groups is 1. The summed E-state index contributed by atoms with van der Waals surface area (Å²) in [4.78, 5) is 10.6. The van der Waals surface area contributed by atoms with Gasteiger partial charge in [0.05, 0.1) is 11.1 Å². The summed E-state index contributed by atoms with van der Waals surface area (Å²) in [6, 6.07) is 9.03. The molecule has 2 aliphatic rings. The molecular weight excluding hydrogens is 322 g/mol. The summed E-state index contributed by atoms with van der Waals surface area (Å²) >= 11 is 0. The first-order chi connectivity index (χ1) is 12.0. The second-order valence-electron chi connectivity index (χ2n) is 6.36. The first-order valence-corrected chi connectivity index (χ1v) is 8.05. The van der Waals surface area contributed by atoms with Gasteiger partial charge in [0.2, 0.25) is 0 Å². The minimum Gasteiger partial charge on any atom is -0.447 e. The zero-order chi connectivity index (χ0) is 17.6. The van der Waals surface area contributed by atoms with Crippen LogP contribution in [0.4, 0.5) is 5.69 Å². The summed E-state index contributed by atoms with van der Waals surface area (Å²) < 4.78 is 11.8. The van der Waals surface area contributed by atoms with Gasteiger partial charge in [0.1, 0.15) is 0 Å². The predicted octanol–water partition coefficient (Wildman–Crippen LogP) is 3.24. The van der Waals surface area contributed by atoms with Gasteiger partial charge in [-0.2, -0.15) is 5.10 Å². The van der Waals surface area contributed by atoms with Crippen LogP contribution in [0, 0.1) is 17.0 Å². The molecule has 0 fully saturated rings. The maximum absolute atomic E-state index is 11.0. The monoisotopic (exact) mass is 339 g/mol. The second-order valence-corrected chi connectivity index (χ2v) is 6.36. The molecule has 2 heterocycles. The molecule has 25 heavy (non-hydrogen) atoms. The summed E-state index contributed by atoms with van der Waals surface area (Å²) in [6.07, 6.45) is 2.02. The minimum atomic E-state index is -0.604. The van der Waals surface area contributed by atoms with E-state index in [0.29, 0.717) is 17.1 Å². The number of ether oxygens (including phenoxy) is 2. The van der Waals surface area contributed by atoms with Gasteiger partial charge in [-0.05, 0) is 50.1 Å². The topological polar surface area (TPSA) is 86.0 Å². The summed E-state index contributed by atoms with van der Waals surface area (Å²) in [5, 5.41) is 15.2. The molecule has 7 nitrogen and oxygen atoms in total. The van der Waals surface area contributed by atoms with Crippen molar-refractivity contribution in [2.24, 2.45) is 5.10 Å². The van der Waals surface area contributed by atoms with Gasteiger partial charge in [0, 0.05) is 28.8 Å². The molecule has 0 radical (unpaired) electrons. The van der Waals surface area contributed by atoms with Crippen LogP contribution in [0.2, 0.25) is 0 Å². The Bertz CT molecular complexity index is 894. The number of hydrogen-bond donors (Lipinski definition) is 1. The molecule has 0 amide bonds. The van der Waals surface area contributed by atoms with Crippen molar-refractivity contribution in [3.63, 3.8) is 0 Å². The molecule has 0 spiro atoms. The highest BCUT2D eigenvalue weighted by Crippen LogP contribution is 2.42. The van der Waals surface area contributed by atoms with Crippen LogP contribution in [0.3, 0.4) is 0 Å². The number of benzene rings is 2. The molecule has 2 atom stereocenters. The highest BCUT2D eigenvalue weighted by Gasteiger charge is 2.28. The molecule has 2 aliphatic heterocycles. The smallest absolute Gasteiger partial charge is 0.272 e. The van der Waals surface area contributed by atoms with Gasteiger partial charge in [0.15, 0.2) is 11.5 Å². The van der Waals surface area contributed by atoms with Gasteiger partial charge in [0.25, 0.3) is 12.0 Å². The lowest BCUT2D eigenvalue weighted by Crippen LogP contribution is -2.21. The summed E-state index contributed by atoms with van der Waals surface area (Å²) in [5.41, 5.74) is 6.61. The molecular formula is C18H17N3O4. The van der Waals surface area contributed by atoms with Gasteiger partial charge < -0.3 is 14.9 Å². The van der Waals surface area contributed by atoms with Crippen molar-refractivity contribution in [1.29, 1.82) is 0 Å². The fourth-order valence-electron chi connectivity index (χ4n) is 3.13. The van der Waals surface area contributed by atoms with Crippen LogP contribution in [-0.4, -0.2) is 17.2 Å². The van der Waals surface area contributed by atoms with Gasteiger partial charge >= 0.3 is 0 Å². The van der Waals surface area contributed by atoms with Gasteiger partial charge in [-0.3, -0.25) is 10.1 Å². The molecule has 2 aromatic carbocycles. The van der Waals surface area contributed by atoms with E-state index in [-0.39, 0.29) is 11.7 Å². The quantitative estimate of drug-likeness (QED) is 0.670. The Kier molecular flexibility index (Phi) is 3.56. The Morgan fingerprint density at radius 3 is 2.72 bits per heavy atom. The Morgan fingerprint density at radius 2 is 2.00 bits per heavy atom. The minimum absolute atomic E-state index is 0.0867.